The quantitative estimate of drug-likeness (QED) is 0.517. The zero-order valence-corrected chi connectivity index (χ0v) is 16.4. The van der Waals surface area contributed by atoms with Gasteiger partial charge in [0.2, 0.25) is 0 Å². The first-order chi connectivity index (χ1) is 12.9. The molecule has 8 nitrogen and oxygen atoms in total. The van der Waals surface area contributed by atoms with Crippen molar-refractivity contribution in [3.63, 3.8) is 0 Å². The minimum Gasteiger partial charge on any atom is -0.462 e. The molecule has 1 heterocycles. The molecule has 1 fully saturated rings. The van der Waals surface area contributed by atoms with Crippen LogP contribution in [0.5, 0.6) is 0 Å². The lowest BCUT2D eigenvalue weighted by molar-refractivity contribution is 0.0523. The van der Waals surface area contributed by atoms with Crippen molar-refractivity contribution in [2.75, 3.05) is 23.9 Å². The van der Waals surface area contributed by atoms with Crippen LogP contribution in [0.4, 0.5) is 16.3 Å². The number of urea groups is 1. The largest absolute Gasteiger partial charge is 0.462 e. The molecule has 1 aliphatic carbocycles. The summed E-state index contributed by atoms with van der Waals surface area (Å²) in [5, 5.41) is 10.7. The molecular weight excluding hydrogens is 366 g/mol. The maximum Gasteiger partial charge on any atom is 0.344 e. The Labute approximate surface area is 161 Å². The third kappa shape index (κ3) is 4.19. The Kier molecular flexibility index (Phi) is 5.59. The van der Waals surface area contributed by atoms with Gasteiger partial charge in [-0.15, -0.1) is 11.8 Å². The molecule has 0 atom stereocenters. The van der Waals surface area contributed by atoms with E-state index in [-0.39, 0.29) is 30.1 Å². The van der Waals surface area contributed by atoms with E-state index in [1.54, 1.807) is 13.0 Å². The van der Waals surface area contributed by atoms with Gasteiger partial charge in [-0.2, -0.15) is 5.10 Å². The molecule has 2 aromatic rings. The summed E-state index contributed by atoms with van der Waals surface area (Å²) in [6.45, 7) is 3.91. The second-order valence-electron chi connectivity index (χ2n) is 6.28. The number of hydrogen-bond acceptors (Lipinski definition) is 6. The summed E-state index contributed by atoms with van der Waals surface area (Å²) in [6.07, 6.45) is 3.86. The van der Waals surface area contributed by atoms with Crippen LogP contribution in [0, 0.1) is 6.92 Å². The van der Waals surface area contributed by atoms with Gasteiger partial charge in [0.15, 0.2) is 0 Å². The Morgan fingerprint density at radius 1 is 1.41 bits per heavy atom. The number of hydrogen-bond donors (Lipinski definition) is 3. The fraction of sp³-hybridized carbons (Fsp3) is 0.389. The van der Waals surface area contributed by atoms with Crippen LogP contribution in [0.15, 0.2) is 23.2 Å². The van der Waals surface area contributed by atoms with Gasteiger partial charge in [0.05, 0.1) is 12.3 Å². The van der Waals surface area contributed by atoms with Crippen molar-refractivity contribution < 1.29 is 14.3 Å². The highest BCUT2D eigenvalue weighted by molar-refractivity contribution is 7.98. The molecule has 1 saturated carbocycles. The summed E-state index contributed by atoms with van der Waals surface area (Å²) in [5.74, 6) is -0.290. The molecule has 1 aliphatic rings. The van der Waals surface area contributed by atoms with E-state index in [9.17, 15) is 9.59 Å². The number of carbonyl (C=O) groups is 2. The van der Waals surface area contributed by atoms with Gasteiger partial charge in [0.25, 0.3) is 0 Å². The molecule has 4 N–H and O–H groups in total. The fourth-order valence-corrected chi connectivity index (χ4v) is 3.18. The summed E-state index contributed by atoms with van der Waals surface area (Å²) in [4.78, 5) is 24.3. The van der Waals surface area contributed by atoms with Gasteiger partial charge >= 0.3 is 12.0 Å². The van der Waals surface area contributed by atoms with Crippen molar-refractivity contribution in [1.82, 2.24) is 15.1 Å². The maximum absolute atomic E-state index is 12.3. The summed E-state index contributed by atoms with van der Waals surface area (Å²) in [7, 11) is 0. The number of aryl methyl sites for hydroxylation is 1. The maximum atomic E-state index is 12.3. The number of ether oxygens (including phenoxy) is 1. The Bertz CT molecular complexity index is 876. The highest BCUT2D eigenvalue weighted by atomic mass is 32.2. The van der Waals surface area contributed by atoms with Crippen LogP contribution in [0.25, 0.3) is 5.69 Å². The number of aromatic nitrogens is 2. The highest BCUT2D eigenvalue weighted by Crippen LogP contribution is 2.30. The molecule has 0 spiro atoms. The fourth-order valence-electron chi connectivity index (χ4n) is 2.63. The van der Waals surface area contributed by atoms with Crippen molar-refractivity contribution in [1.29, 1.82) is 0 Å². The number of nitrogens with zero attached hydrogens (tertiary/aromatic N) is 2. The van der Waals surface area contributed by atoms with Gasteiger partial charge in [0, 0.05) is 11.7 Å². The third-order valence-corrected chi connectivity index (χ3v) is 4.84. The minimum atomic E-state index is -0.499. The molecule has 1 aromatic carbocycles. The predicted octanol–water partition coefficient (Wildman–Crippen LogP) is 2.95. The van der Waals surface area contributed by atoms with Crippen molar-refractivity contribution in [2.45, 2.75) is 37.8 Å². The van der Waals surface area contributed by atoms with Crippen molar-refractivity contribution in [3.8, 4) is 5.69 Å². The normalized spacial score (nSPS) is 13.3. The Morgan fingerprint density at radius 3 is 2.78 bits per heavy atom. The van der Waals surface area contributed by atoms with Crippen LogP contribution < -0.4 is 16.4 Å². The van der Waals surface area contributed by atoms with E-state index in [0.29, 0.717) is 16.4 Å². The van der Waals surface area contributed by atoms with E-state index in [1.807, 2.05) is 25.3 Å². The van der Waals surface area contributed by atoms with Crippen molar-refractivity contribution in [2.24, 2.45) is 0 Å². The lowest BCUT2D eigenvalue weighted by atomic mass is 10.2. The van der Waals surface area contributed by atoms with E-state index in [1.165, 1.54) is 16.4 Å². The molecule has 27 heavy (non-hydrogen) atoms. The van der Waals surface area contributed by atoms with Gasteiger partial charge in [-0.25, -0.2) is 14.3 Å². The van der Waals surface area contributed by atoms with E-state index in [2.05, 4.69) is 15.7 Å². The number of carbonyl (C=O) groups excluding carboxylic acids is 2. The summed E-state index contributed by atoms with van der Waals surface area (Å²) < 4.78 is 6.61. The lowest BCUT2D eigenvalue weighted by Gasteiger charge is -2.12. The predicted molar refractivity (Wildman–Crippen MR) is 106 cm³/mol. The van der Waals surface area contributed by atoms with E-state index >= 15 is 0 Å². The first-order valence-electron chi connectivity index (χ1n) is 8.72. The number of esters is 1. The van der Waals surface area contributed by atoms with Gasteiger partial charge in [-0.1, -0.05) is 6.07 Å². The highest BCUT2D eigenvalue weighted by Gasteiger charge is 2.25. The van der Waals surface area contributed by atoms with E-state index in [4.69, 9.17) is 10.5 Å². The van der Waals surface area contributed by atoms with Crippen LogP contribution >= 0.6 is 11.8 Å². The SMILES string of the molecule is CCOC(=O)c1c(SC)nn(-c2cc(NC(=O)NC3CC3)ccc2C)c1N. The smallest absolute Gasteiger partial charge is 0.344 e. The Morgan fingerprint density at radius 2 is 2.15 bits per heavy atom. The molecular formula is C18H23N5O3S. The second-order valence-corrected chi connectivity index (χ2v) is 7.07. The molecule has 2 amide bonds. The Hall–Kier alpha value is -2.68. The van der Waals surface area contributed by atoms with Crippen LogP contribution in [-0.4, -0.2) is 40.7 Å². The molecule has 0 aliphatic heterocycles. The van der Waals surface area contributed by atoms with Gasteiger partial charge in [-0.05, 0) is 50.6 Å². The molecule has 0 radical (unpaired) electrons. The van der Waals surface area contributed by atoms with Crippen LogP contribution in [0.2, 0.25) is 0 Å². The number of thioether (sulfide) groups is 1. The number of nitrogens with two attached hydrogens (primary N) is 1. The number of nitrogen functional groups attached to an aromatic ring is 1. The molecule has 0 bridgehead atoms. The minimum absolute atomic E-state index is 0.209. The van der Waals surface area contributed by atoms with Gasteiger partial charge < -0.3 is 21.1 Å². The molecule has 9 heteroatoms. The molecule has 0 saturated heterocycles. The number of benzene rings is 1. The second kappa shape index (κ2) is 7.91. The summed E-state index contributed by atoms with van der Waals surface area (Å²) in [5.41, 5.74) is 8.69. The standard InChI is InChI=1S/C18H23N5O3S/c1-4-26-17(24)14-15(19)23(22-16(14)27-3)13-9-12(6-5-10(13)2)21-18(25)20-11-7-8-11/h5-6,9,11H,4,7-8,19H2,1-3H3,(H2,20,21,25). The first-order valence-corrected chi connectivity index (χ1v) is 9.95. The number of amides is 2. The van der Waals surface area contributed by atoms with Gasteiger partial charge in [0.1, 0.15) is 16.4 Å². The third-order valence-electron chi connectivity index (χ3n) is 4.17. The summed E-state index contributed by atoms with van der Waals surface area (Å²) in [6, 6.07) is 5.49. The van der Waals surface area contributed by atoms with Crippen molar-refractivity contribution in [3.05, 3.63) is 29.3 Å². The van der Waals surface area contributed by atoms with Crippen molar-refractivity contribution >= 4 is 35.3 Å². The van der Waals surface area contributed by atoms with Crippen LogP contribution in [0.1, 0.15) is 35.7 Å². The zero-order chi connectivity index (χ0) is 19.6. The van der Waals surface area contributed by atoms with E-state index in [0.717, 1.165) is 18.4 Å². The zero-order valence-electron chi connectivity index (χ0n) is 15.5. The molecule has 3 rings (SSSR count). The lowest BCUT2D eigenvalue weighted by Crippen LogP contribution is -2.30. The van der Waals surface area contributed by atoms with Gasteiger partial charge in [-0.3, -0.25) is 0 Å². The molecule has 0 unspecified atom stereocenters. The number of nitrogens with one attached hydrogen (secondary N) is 2. The number of anilines is 2. The summed E-state index contributed by atoms with van der Waals surface area (Å²) >= 11 is 1.32. The topological polar surface area (TPSA) is 111 Å². The monoisotopic (exact) mass is 389 g/mol. The van der Waals surface area contributed by atoms with E-state index < -0.39 is 5.97 Å². The van der Waals surface area contributed by atoms with Crippen LogP contribution in [0.3, 0.4) is 0 Å². The Balaban J connectivity index is 1.94. The first kappa shape index (κ1) is 19.1. The average Bonchev–Trinajstić information content (AvgIpc) is 3.37. The number of rotatable bonds is 6. The average molecular weight is 389 g/mol. The molecule has 1 aromatic heterocycles. The molecule has 144 valence electrons. The van der Waals surface area contributed by atoms with Crippen LogP contribution in [-0.2, 0) is 4.74 Å².